The number of aliphatic carboxylic acids is 1. The topological polar surface area (TPSA) is 224 Å². The monoisotopic (exact) mass is 515 g/mol. The third kappa shape index (κ3) is 11.6. The maximum absolute atomic E-state index is 12.6. The lowest BCUT2D eigenvalue weighted by Crippen LogP contribution is -2.48. The van der Waals surface area contributed by atoms with Gasteiger partial charge in [0.1, 0.15) is 18.4 Å². The van der Waals surface area contributed by atoms with Gasteiger partial charge in [-0.3, -0.25) is 19.2 Å². The molecule has 0 spiro atoms. The Bertz CT molecular complexity index is 1090. The Balaban J connectivity index is 0.00000334. The molecule has 0 bridgehead atoms. The molecule has 10 N–H and O–H groups in total. The fourth-order valence-corrected chi connectivity index (χ4v) is 2.80. The normalized spacial score (nSPS) is 10.6. The molecule has 0 saturated heterocycles. The van der Waals surface area contributed by atoms with E-state index in [2.05, 4.69) is 20.9 Å². The average Bonchev–Trinajstić information content (AvgIpc) is 2.87. The van der Waals surface area contributed by atoms with Crippen molar-refractivity contribution in [3.05, 3.63) is 54.1 Å². The number of carbonyl (C=O) groups is 4. The van der Waals surface area contributed by atoms with Gasteiger partial charge in [0.15, 0.2) is 5.96 Å². The second-order valence-corrected chi connectivity index (χ2v) is 7.14. The van der Waals surface area contributed by atoms with Crippen molar-refractivity contribution in [2.24, 2.45) is 22.2 Å². The summed E-state index contributed by atoms with van der Waals surface area (Å²) in [6.45, 7) is 4.18. The molecule has 0 aromatic heterocycles. The first-order valence-electron chi connectivity index (χ1n) is 11.4. The summed E-state index contributed by atoms with van der Waals surface area (Å²) in [7, 11) is 0. The van der Waals surface area contributed by atoms with E-state index >= 15 is 0 Å². The summed E-state index contributed by atoms with van der Waals surface area (Å²) in [5, 5.41) is 16.4. The minimum atomic E-state index is -1.38. The number of carboxylic acid groups (broad SMARTS) is 1. The third-order valence-corrected chi connectivity index (χ3v) is 4.31. The summed E-state index contributed by atoms with van der Waals surface area (Å²) in [5.74, 6) is -3.03. The zero-order chi connectivity index (χ0) is 27.8. The highest BCUT2D eigenvalue weighted by Crippen LogP contribution is 2.16. The predicted octanol–water partition coefficient (Wildman–Crippen LogP) is 0.283. The first kappa shape index (κ1) is 30.4. The van der Waals surface area contributed by atoms with Crippen LogP contribution in [0.2, 0.25) is 0 Å². The highest BCUT2D eigenvalue weighted by molar-refractivity contribution is 6.00. The number of rotatable bonds is 12. The molecule has 0 aliphatic carbocycles. The van der Waals surface area contributed by atoms with Crippen LogP contribution in [0.15, 0.2) is 53.5 Å². The lowest BCUT2D eigenvalue weighted by Gasteiger charge is -2.17. The number of carboxylic acids is 1. The highest BCUT2D eigenvalue weighted by Gasteiger charge is 2.24. The van der Waals surface area contributed by atoms with Crippen molar-refractivity contribution in [1.82, 2.24) is 10.6 Å². The van der Waals surface area contributed by atoms with Crippen molar-refractivity contribution < 1.29 is 29.0 Å². The predicted molar refractivity (Wildman–Crippen MR) is 139 cm³/mol. The summed E-state index contributed by atoms with van der Waals surface area (Å²) in [5.41, 5.74) is 16.9. The molecule has 2 rings (SSSR count). The number of hydrogen-bond acceptors (Lipinski definition) is 7. The van der Waals surface area contributed by atoms with Gasteiger partial charge in [-0.05, 0) is 42.5 Å². The number of nitrogens with zero attached hydrogens (tertiary/aromatic N) is 1. The number of anilines is 1. The van der Waals surface area contributed by atoms with E-state index in [1.165, 1.54) is 12.1 Å². The lowest BCUT2D eigenvalue weighted by molar-refractivity contribution is -0.139. The van der Waals surface area contributed by atoms with Crippen LogP contribution in [0.4, 0.5) is 11.4 Å². The number of ether oxygens (including phenoxy) is 1. The van der Waals surface area contributed by atoms with Crippen LogP contribution in [-0.4, -0.2) is 60.5 Å². The van der Waals surface area contributed by atoms with Gasteiger partial charge in [0.05, 0.1) is 18.7 Å². The molecule has 13 heteroatoms. The quantitative estimate of drug-likeness (QED) is 0.152. The van der Waals surface area contributed by atoms with Crippen molar-refractivity contribution >= 4 is 41.0 Å². The molecule has 0 radical (unpaired) electrons. The average molecular weight is 516 g/mol. The Labute approximate surface area is 214 Å². The molecule has 200 valence electrons. The maximum Gasteiger partial charge on any atom is 0.305 e. The molecule has 0 saturated carbocycles. The lowest BCUT2D eigenvalue weighted by atomic mass is 10.1. The van der Waals surface area contributed by atoms with E-state index in [4.69, 9.17) is 27.0 Å². The SMILES string of the molecule is CC.NCCOc1ccc(NC(=O)C(CC(=O)O)NC(=O)CNC(=O)c2cccc(N=C(N)N)c2)cc1. The minimum absolute atomic E-state index is 0.180. The van der Waals surface area contributed by atoms with Gasteiger partial charge in [0, 0.05) is 17.8 Å². The Kier molecular flexibility index (Phi) is 13.2. The van der Waals surface area contributed by atoms with Crippen LogP contribution in [0.5, 0.6) is 5.75 Å². The number of aliphatic imine (C=N–C) groups is 1. The zero-order valence-electron chi connectivity index (χ0n) is 20.7. The van der Waals surface area contributed by atoms with Crippen LogP contribution in [0.25, 0.3) is 0 Å². The van der Waals surface area contributed by atoms with Gasteiger partial charge in [-0.25, -0.2) is 4.99 Å². The fraction of sp³-hybridized carbons (Fsp3) is 0.292. The van der Waals surface area contributed by atoms with E-state index in [9.17, 15) is 19.2 Å². The Hall–Kier alpha value is -4.65. The third-order valence-electron chi connectivity index (χ3n) is 4.31. The van der Waals surface area contributed by atoms with Crippen molar-refractivity contribution in [2.75, 3.05) is 25.0 Å². The first-order chi connectivity index (χ1) is 17.7. The number of guanidine groups is 1. The molecular weight excluding hydrogens is 482 g/mol. The molecule has 2 aromatic carbocycles. The number of benzene rings is 2. The molecule has 0 heterocycles. The van der Waals surface area contributed by atoms with Gasteiger partial charge in [-0.1, -0.05) is 19.9 Å². The van der Waals surface area contributed by atoms with E-state index in [-0.39, 0.29) is 11.5 Å². The van der Waals surface area contributed by atoms with Crippen molar-refractivity contribution in [1.29, 1.82) is 0 Å². The standard InChI is InChI=1S/C22H27N7O6.C2H6/c23-8-9-35-16-6-4-14(5-7-16)27-21(34)17(11-19(31)32)29-18(30)12-26-20(33)13-2-1-3-15(10-13)28-22(24)25;1-2/h1-7,10,17H,8-9,11-12,23H2,(H,26,33)(H,27,34)(H,29,30)(H,31,32)(H4,24,25,28);1-2H3. The summed E-state index contributed by atoms with van der Waals surface area (Å²) in [6.07, 6.45) is -0.663. The number of carbonyl (C=O) groups excluding carboxylic acids is 3. The van der Waals surface area contributed by atoms with Gasteiger partial charge in [-0.15, -0.1) is 0 Å². The van der Waals surface area contributed by atoms with Gasteiger partial charge >= 0.3 is 5.97 Å². The number of nitrogens with two attached hydrogens (primary N) is 3. The van der Waals surface area contributed by atoms with Crippen LogP contribution in [0.1, 0.15) is 30.6 Å². The summed E-state index contributed by atoms with van der Waals surface area (Å²) in [4.78, 5) is 52.2. The van der Waals surface area contributed by atoms with Crippen molar-refractivity contribution in [3.8, 4) is 5.75 Å². The second-order valence-electron chi connectivity index (χ2n) is 7.14. The molecule has 3 amide bonds. The van der Waals surface area contributed by atoms with E-state index in [1.54, 1.807) is 36.4 Å². The number of hydrogen-bond donors (Lipinski definition) is 7. The van der Waals surface area contributed by atoms with Crippen molar-refractivity contribution in [2.45, 2.75) is 26.3 Å². The molecule has 0 fully saturated rings. The molecule has 0 aliphatic heterocycles. The molecule has 1 unspecified atom stereocenters. The number of amides is 3. The zero-order valence-corrected chi connectivity index (χ0v) is 20.7. The van der Waals surface area contributed by atoms with Gasteiger partial charge in [-0.2, -0.15) is 0 Å². The molecule has 1 atom stereocenters. The smallest absolute Gasteiger partial charge is 0.305 e. The Morgan fingerprint density at radius 1 is 1.05 bits per heavy atom. The van der Waals surface area contributed by atoms with E-state index in [1.807, 2.05) is 13.8 Å². The van der Waals surface area contributed by atoms with Gasteiger partial charge in [0.25, 0.3) is 5.91 Å². The Morgan fingerprint density at radius 3 is 2.32 bits per heavy atom. The van der Waals surface area contributed by atoms with E-state index in [0.29, 0.717) is 30.3 Å². The summed E-state index contributed by atoms with van der Waals surface area (Å²) in [6, 6.07) is 11.0. The highest BCUT2D eigenvalue weighted by atomic mass is 16.5. The van der Waals surface area contributed by atoms with Crippen LogP contribution < -0.4 is 37.9 Å². The van der Waals surface area contributed by atoms with Crippen LogP contribution >= 0.6 is 0 Å². The Morgan fingerprint density at radius 2 is 1.73 bits per heavy atom. The van der Waals surface area contributed by atoms with Crippen molar-refractivity contribution in [3.63, 3.8) is 0 Å². The van der Waals surface area contributed by atoms with Crippen LogP contribution in [0, 0.1) is 0 Å². The molecule has 0 aliphatic rings. The molecule has 37 heavy (non-hydrogen) atoms. The molecular formula is C24H33N7O6. The van der Waals surface area contributed by atoms with Gasteiger partial charge in [0.2, 0.25) is 11.8 Å². The van der Waals surface area contributed by atoms with Crippen LogP contribution in [-0.2, 0) is 14.4 Å². The second kappa shape index (κ2) is 16.1. The molecule has 2 aromatic rings. The first-order valence-corrected chi connectivity index (χ1v) is 11.4. The number of nitrogens with one attached hydrogen (secondary N) is 3. The van der Waals surface area contributed by atoms with Crippen LogP contribution in [0.3, 0.4) is 0 Å². The van der Waals surface area contributed by atoms with Gasteiger partial charge < -0.3 is 43.0 Å². The van der Waals surface area contributed by atoms with E-state index in [0.717, 1.165) is 0 Å². The van der Waals surface area contributed by atoms with E-state index < -0.39 is 42.7 Å². The summed E-state index contributed by atoms with van der Waals surface area (Å²) < 4.78 is 5.35. The minimum Gasteiger partial charge on any atom is -0.492 e. The maximum atomic E-state index is 12.6. The summed E-state index contributed by atoms with van der Waals surface area (Å²) >= 11 is 0. The fourth-order valence-electron chi connectivity index (χ4n) is 2.80. The largest absolute Gasteiger partial charge is 0.492 e. The molecule has 13 nitrogen and oxygen atoms in total.